The van der Waals surface area contributed by atoms with Crippen molar-refractivity contribution >= 4 is 17.4 Å². The molecule has 4 nitrogen and oxygen atoms in total. The number of aromatic nitrogens is 3. The highest BCUT2D eigenvalue weighted by Crippen LogP contribution is 2.07. The van der Waals surface area contributed by atoms with Gasteiger partial charge in [0, 0.05) is 18.0 Å². The first-order valence-electron chi connectivity index (χ1n) is 4.21. The van der Waals surface area contributed by atoms with Crippen LogP contribution >= 0.6 is 11.6 Å². The highest BCUT2D eigenvalue weighted by atomic mass is 35.5. The van der Waals surface area contributed by atoms with E-state index < -0.39 is 0 Å². The van der Waals surface area contributed by atoms with Gasteiger partial charge in [-0.25, -0.2) is 0 Å². The maximum atomic E-state index is 11.8. The van der Waals surface area contributed by atoms with E-state index in [0.717, 1.165) is 0 Å². The second-order valence-electron chi connectivity index (χ2n) is 2.81. The van der Waals surface area contributed by atoms with Gasteiger partial charge in [0.2, 0.25) is 5.78 Å². The van der Waals surface area contributed by atoms with Crippen LogP contribution in [0.1, 0.15) is 16.1 Å². The Morgan fingerprint density at radius 1 is 1.20 bits per heavy atom. The van der Waals surface area contributed by atoms with Crippen molar-refractivity contribution in [2.45, 2.75) is 0 Å². The lowest BCUT2D eigenvalue weighted by Crippen LogP contribution is -2.05. The lowest BCUT2D eigenvalue weighted by Gasteiger charge is -1.97. The maximum Gasteiger partial charge on any atom is 0.214 e. The lowest BCUT2D eigenvalue weighted by molar-refractivity contribution is 0.103. The molecular formula is C10H6ClN3O. The summed E-state index contributed by atoms with van der Waals surface area (Å²) in [5.41, 5.74) is 0.738. The van der Waals surface area contributed by atoms with Gasteiger partial charge in [-0.2, -0.15) is 0 Å². The second kappa shape index (κ2) is 4.14. The molecule has 74 valence electrons. The fourth-order valence-electron chi connectivity index (χ4n) is 1.08. The van der Waals surface area contributed by atoms with Crippen LogP contribution in [0, 0.1) is 0 Å². The molecule has 2 aromatic heterocycles. The fourth-order valence-corrected chi connectivity index (χ4v) is 1.18. The molecular weight excluding hydrogens is 214 g/mol. The van der Waals surface area contributed by atoms with Gasteiger partial charge in [0.05, 0.1) is 0 Å². The third-order valence-electron chi connectivity index (χ3n) is 1.79. The topological polar surface area (TPSA) is 55.7 Å². The summed E-state index contributed by atoms with van der Waals surface area (Å²) in [5.74, 6) is -0.215. The Morgan fingerprint density at radius 2 is 2.07 bits per heavy atom. The summed E-state index contributed by atoms with van der Waals surface area (Å²) in [6, 6.07) is 6.42. The maximum absolute atomic E-state index is 11.8. The molecule has 2 aromatic rings. The van der Waals surface area contributed by atoms with Crippen molar-refractivity contribution in [2.75, 3.05) is 0 Å². The Morgan fingerprint density at radius 3 is 2.67 bits per heavy atom. The minimum absolute atomic E-state index is 0.215. The van der Waals surface area contributed by atoms with Crippen LogP contribution in [0.5, 0.6) is 0 Å². The second-order valence-corrected chi connectivity index (χ2v) is 3.20. The molecule has 0 saturated carbocycles. The van der Waals surface area contributed by atoms with E-state index in [9.17, 15) is 4.79 Å². The number of hydrogen-bond donors (Lipinski definition) is 0. The summed E-state index contributed by atoms with van der Waals surface area (Å²) < 4.78 is 0. The van der Waals surface area contributed by atoms with Crippen LogP contribution in [0.2, 0.25) is 5.15 Å². The van der Waals surface area contributed by atoms with Gasteiger partial charge in [0.1, 0.15) is 5.69 Å². The highest BCUT2D eigenvalue weighted by molar-refractivity contribution is 6.29. The van der Waals surface area contributed by atoms with Gasteiger partial charge in [0.25, 0.3) is 0 Å². The van der Waals surface area contributed by atoms with Crippen LogP contribution < -0.4 is 0 Å². The van der Waals surface area contributed by atoms with Crippen LogP contribution in [0.15, 0.2) is 36.7 Å². The van der Waals surface area contributed by atoms with Gasteiger partial charge >= 0.3 is 0 Å². The molecule has 0 radical (unpaired) electrons. The van der Waals surface area contributed by atoms with E-state index in [2.05, 4.69) is 15.2 Å². The van der Waals surface area contributed by atoms with Gasteiger partial charge in [-0.15, -0.1) is 10.2 Å². The summed E-state index contributed by atoms with van der Waals surface area (Å²) in [7, 11) is 0. The van der Waals surface area contributed by atoms with E-state index in [1.165, 1.54) is 18.3 Å². The van der Waals surface area contributed by atoms with Crippen LogP contribution in [0.25, 0.3) is 0 Å². The molecule has 0 aromatic carbocycles. The molecule has 0 saturated heterocycles. The minimum Gasteiger partial charge on any atom is -0.287 e. The first-order chi connectivity index (χ1) is 7.27. The first kappa shape index (κ1) is 9.73. The van der Waals surface area contributed by atoms with Crippen molar-refractivity contribution in [3.8, 4) is 0 Å². The van der Waals surface area contributed by atoms with E-state index in [-0.39, 0.29) is 16.6 Å². The summed E-state index contributed by atoms with van der Waals surface area (Å²) in [4.78, 5) is 15.6. The van der Waals surface area contributed by atoms with Gasteiger partial charge in [-0.05, 0) is 24.3 Å². The zero-order valence-corrected chi connectivity index (χ0v) is 8.35. The fraction of sp³-hybridized carbons (Fsp3) is 0. The molecule has 0 N–H and O–H groups in total. The number of carbonyl (C=O) groups is 1. The molecule has 0 aliphatic carbocycles. The summed E-state index contributed by atoms with van der Waals surface area (Å²) in [6.45, 7) is 0. The van der Waals surface area contributed by atoms with Crippen LogP contribution in [-0.2, 0) is 0 Å². The Bertz CT molecular complexity index is 470. The van der Waals surface area contributed by atoms with E-state index in [1.54, 1.807) is 18.3 Å². The third-order valence-corrected chi connectivity index (χ3v) is 1.99. The van der Waals surface area contributed by atoms with Crippen molar-refractivity contribution in [2.24, 2.45) is 0 Å². The number of hydrogen-bond acceptors (Lipinski definition) is 4. The molecule has 0 amide bonds. The Hall–Kier alpha value is -1.81. The smallest absolute Gasteiger partial charge is 0.214 e. The van der Waals surface area contributed by atoms with Crippen molar-refractivity contribution < 1.29 is 4.79 Å². The molecule has 0 spiro atoms. The molecule has 5 heteroatoms. The minimum atomic E-state index is -0.215. The van der Waals surface area contributed by atoms with Crippen molar-refractivity contribution in [3.63, 3.8) is 0 Å². The number of rotatable bonds is 2. The molecule has 0 atom stereocenters. The number of pyridine rings is 1. The standard InChI is InChI=1S/C10H6ClN3O/c11-9-4-3-8(13-14-9)10(15)7-2-1-5-12-6-7/h1-6H. The monoisotopic (exact) mass is 219 g/mol. The van der Waals surface area contributed by atoms with E-state index in [1.807, 2.05) is 0 Å². The van der Waals surface area contributed by atoms with E-state index in [4.69, 9.17) is 11.6 Å². The molecule has 0 unspecified atom stereocenters. The summed E-state index contributed by atoms with van der Waals surface area (Å²) in [5, 5.41) is 7.56. The molecule has 2 heterocycles. The summed E-state index contributed by atoms with van der Waals surface area (Å²) in [6.07, 6.45) is 3.09. The number of halogens is 1. The Labute approximate surface area is 90.9 Å². The third kappa shape index (κ3) is 2.16. The molecule has 0 aliphatic heterocycles. The van der Waals surface area contributed by atoms with Crippen molar-refractivity contribution in [3.05, 3.63) is 53.1 Å². The normalized spacial score (nSPS) is 9.93. The Balaban J connectivity index is 2.33. The predicted molar refractivity (Wildman–Crippen MR) is 54.7 cm³/mol. The summed E-state index contributed by atoms with van der Waals surface area (Å²) >= 11 is 5.57. The van der Waals surface area contributed by atoms with Crippen LogP contribution in [0.4, 0.5) is 0 Å². The number of carbonyl (C=O) groups excluding carboxylic acids is 1. The van der Waals surface area contributed by atoms with Gasteiger partial charge in [0.15, 0.2) is 5.15 Å². The van der Waals surface area contributed by atoms with Crippen molar-refractivity contribution in [1.82, 2.24) is 15.2 Å². The first-order valence-corrected chi connectivity index (χ1v) is 4.59. The predicted octanol–water partition coefficient (Wildman–Crippen LogP) is 1.76. The van der Waals surface area contributed by atoms with Gasteiger partial charge in [-0.1, -0.05) is 11.6 Å². The highest BCUT2D eigenvalue weighted by Gasteiger charge is 2.10. The average Bonchev–Trinajstić information content (AvgIpc) is 2.30. The van der Waals surface area contributed by atoms with Crippen LogP contribution in [0.3, 0.4) is 0 Å². The zero-order chi connectivity index (χ0) is 10.7. The largest absolute Gasteiger partial charge is 0.287 e. The Kier molecular flexibility index (Phi) is 2.69. The lowest BCUT2D eigenvalue weighted by atomic mass is 10.1. The zero-order valence-electron chi connectivity index (χ0n) is 7.59. The molecule has 2 rings (SSSR count). The number of nitrogens with zero attached hydrogens (tertiary/aromatic N) is 3. The molecule has 0 fully saturated rings. The molecule has 0 aliphatic rings. The van der Waals surface area contributed by atoms with Gasteiger partial charge in [-0.3, -0.25) is 9.78 Å². The quantitative estimate of drug-likeness (QED) is 0.723. The van der Waals surface area contributed by atoms with Crippen LogP contribution in [-0.4, -0.2) is 21.0 Å². The SMILES string of the molecule is O=C(c1cccnc1)c1ccc(Cl)nn1. The van der Waals surface area contributed by atoms with E-state index in [0.29, 0.717) is 5.56 Å². The van der Waals surface area contributed by atoms with Crippen molar-refractivity contribution in [1.29, 1.82) is 0 Å². The molecule has 0 bridgehead atoms. The van der Waals surface area contributed by atoms with Gasteiger partial charge < -0.3 is 0 Å². The van der Waals surface area contributed by atoms with E-state index >= 15 is 0 Å². The molecule has 15 heavy (non-hydrogen) atoms. The number of ketones is 1. The average molecular weight is 220 g/mol.